The smallest absolute Gasteiger partial charge is 0.365 e. The Hall–Kier alpha value is -1.63. The first-order chi connectivity index (χ1) is 9.27. The van der Waals surface area contributed by atoms with Crippen LogP contribution in [-0.2, 0) is 5.92 Å². The zero-order valence-electron chi connectivity index (χ0n) is 10.4. The molecule has 1 aromatic carbocycles. The van der Waals surface area contributed by atoms with Gasteiger partial charge in [-0.2, -0.15) is 8.78 Å². The predicted octanol–water partition coefficient (Wildman–Crippen LogP) is 3.96. The minimum Gasteiger partial charge on any atom is -0.497 e. The fourth-order valence-electron chi connectivity index (χ4n) is 1.70. The Kier molecular flexibility index (Phi) is 3.73. The normalized spacial score (nSPS) is 12.2. The maximum Gasteiger partial charge on any atom is 0.365 e. The zero-order valence-corrected chi connectivity index (χ0v) is 11.2. The maximum absolute atomic E-state index is 13.3. The molecule has 0 N–H and O–H groups in total. The second-order valence-electron chi connectivity index (χ2n) is 4.10. The number of nitrogens with zero attached hydrogens (tertiary/aromatic N) is 2. The van der Waals surface area contributed by atoms with E-state index in [9.17, 15) is 17.6 Å². The highest BCUT2D eigenvalue weighted by Crippen LogP contribution is 2.35. The molecule has 0 aliphatic carbocycles. The third-order valence-electron chi connectivity index (χ3n) is 2.73. The molecule has 8 heteroatoms. The molecule has 0 bridgehead atoms. The molecule has 2 aromatic rings. The summed E-state index contributed by atoms with van der Waals surface area (Å²) in [6.45, 7) is 1.58. The average molecular weight is 309 g/mol. The molecular formula is C12H9ClF4N2O. The lowest BCUT2D eigenvalue weighted by molar-refractivity contribution is -0.140. The summed E-state index contributed by atoms with van der Waals surface area (Å²) in [4.78, 5) is 6.80. The second kappa shape index (κ2) is 5.05. The van der Waals surface area contributed by atoms with Crippen LogP contribution in [0.25, 0.3) is 10.9 Å². The van der Waals surface area contributed by atoms with Gasteiger partial charge >= 0.3 is 12.3 Å². The molecule has 0 spiro atoms. The van der Waals surface area contributed by atoms with Gasteiger partial charge in [-0.3, -0.25) is 0 Å². The lowest BCUT2D eigenvalue weighted by atomic mass is 10.1. The van der Waals surface area contributed by atoms with Crippen LogP contribution >= 0.6 is 11.6 Å². The Balaban J connectivity index is 2.73. The largest absolute Gasteiger partial charge is 0.497 e. The summed E-state index contributed by atoms with van der Waals surface area (Å²) in [6, 6.07) is 2.99. The number of benzene rings is 1. The van der Waals surface area contributed by atoms with Crippen molar-refractivity contribution < 1.29 is 22.3 Å². The molecule has 3 nitrogen and oxygen atoms in total. The van der Waals surface area contributed by atoms with Crippen LogP contribution in [-0.4, -0.2) is 23.5 Å². The molecule has 0 aliphatic heterocycles. The highest BCUT2D eigenvalue weighted by atomic mass is 35.5. The van der Waals surface area contributed by atoms with Crippen LogP contribution < -0.4 is 4.74 Å². The fraction of sp³-hybridized carbons (Fsp3) is 0.333. The van der Waals surface area contributed by atoms with Crippen molar-refractivity contribution in [3.63, 3.8) is 0 Å². The van der Waals surface area contributed by atoms with Crippen molar-refractivity contribution in [2.75, 3.05) is 7.11 Å². The highest BCUT2D eigenvalue weighted by molar-refractivity contribution is 6.34. The average Bonchev–Trinajstić information content (AvgIpc) is 2.38. The van der Waals surface area contributed by atoms with E-state index in [4.69, 9.17) is 16.3 Å². The molecule has 2 rings (SSSR count). The summed E-state index contributed by atoms with van der Waals surface area (Å²) >= 11 is 5.79. The van der Waals surface area contributed by atoms with Gasteiger partial charge in [0.15, 0.2) is 0 Å². The number of methoxy groups -OCH3 is 1. The van der Waals surface area contributed by atoms with Crippen LogP contribution in [0.3, 0.4) is 0 Å². The van der Waals surface area contributed by atoms with E-state index in [1.165, 1.54) is 19.2 Å². The van der Waals surface area contributed by atoms with Gasteiger partial charge in [0.2, 0.25) is 5.82 Å². The quantitative estimate of drug-likeness (QED) is 0.636. The zero-order chi connectivity index (χ0) is 15.1. The van der Waals surface area contributed by atoms with Crippen LogP contribution in [0.4, 0.5) is 17.6 Å². The molecule has 0 fully saturated rings. The minimum atomic E-state index is -4.45. The van der Waals surface area contributed by atoms with E-state index in [2.05, 4.69) is 9.97 Å². The number of halogens is 5. The fourth-order valence-corrected chi connectivity index (χ4v) is 1.92. The summed E-state index contributed by atoms with van der Waals surface area (Å²) in [5, 5.41) is -0.0651. The summed E-state index contributed by atoms with van der Waals surface area (Å²) in [7, 11) is 1.43. The van der Waals surface area contributed by atoms with Crippen LogP contribution in [0.2, 0.25) is 5.15 Å². The first-order valence-electron chi connectivity index (χ1n) is 5.45. The van der Waals surface area contributed by atoms with Gasteiger partial charge in [0.25, 0.3) is 0 Å². The van der Waals surface area contributed by atoms with E-state index in [0.717, 1.165) is 0 Å². The number of rotatable bonds is 3. The Labute approximate surface area is 116 Å². The molecule has 0 saturated carbocycles. The topological polar surface area (TPSA) is 35.0 Å². The van der Waals surface area contributed by atoms with Gasteiger partial charge in [-0.1, -0.05) is 11.6 Å². The van der Waals surface area contributed by atoms with Gasteiger partial charge in [0.1, 0.15) is 10.9 Å². The monoisotopic (exact) mass is 308 g/mol. The van der Waals surface area contributed by atoms with E-state index in [1.807, 2.05) is 0 Å². The molecule has 0 unspecified atom stereocenters. The Morgan fingerprint density at radius 1 is 1.25 bits per heavy atom. The molecular weight excluding hydrogens is 300 g/mol. The number of hydrogen-bond acceptors (Lipinski definition) is 3. The van der Waals surface area contributed by atoms with Crippen molar-refractivity contribution in [1.29, 1.82) is 0 Å². The van der Waals surface area contributed by atoms with Crippen molar-refractivity contribution >= 4 is 22.5 Å². The molecule has 0 atom stereocenters. The van der Waals surface area contributed by atoms with Gasteiger partial charge in [0.05, 0.1) is 12.6 Å². The minimum absolute atomic E-state index is 0.0844. The first-order valence-corrected chi connectivity index (χ1v) is 5.83. The SMILES string of the molecule is COc1cc(C)c2nc(C(F)(F)C(F)F)nc(Cl)c2c1. The molecule has 0 saturated heterocycles. The lowest BCUT2D eigenvalue weighted by Crippen LogP contribution is -2.26. The number of hydrogen-bond donors (Lipinski definition) is 0. The summed E-state index contributed by atoms with van der Waals surface area (Å²) in [5.74, 6) is -5.31. The van der Waals surface area contributed by atoms with Crippen molar-refractivity contribution in [3.05, 3.63) is 28.7 Å². The number of fused-ring (bicyclic) bond motifs is 1. The van der Waals surface area contributed by atoms with E-state index >= 15 is 0 Å². The van der Waals surface area contributed by atoms with E-state index in [-0.39, 0.29) is 16.1 Å². The third kappa shape index (κ3) is 2.37. The molecule has 0 radical (unpaired) electrons. The Morgan fingerprint density at radius 2 is 1.90 bits per heavy atom. The van der Waals surface area contributed by atoms with Crippen molar-refractivity contribution in [3.8, 4) is 5.75 Å². The summed E-state index contributed by atoms with van der Waals surface area (Å²) in [6.07, 6.45) is -3.91. The maximum atomic E-state index is 13.3. The molecule has 0 amide bonds. The van der Waals surface area contributed by atoms with Crippen LogP contribution in [0.5, 0.6) is 5.75 Å². The Morgan fingerprint density at radius 3 is 2.45 bits per heavy atom. The number of aromatic nitrogens is 2. The molecule has 20 heavy (non-hydrogen) atoms. The Bertz CT molecular complexity index is 663. The molecule has 108 valence electrons. The number of alkyl halides is 4. The highest BCUT2D eigenvalue weighted by Gasteiger charge is 2.46. The van der Waals surface area contributed by atoms with Gasteiger partial charge in [-0.05, 0) is 24.6 Å². The summed E-state index contributed by atoms with van der Waals surface area (Å²) in [5.41, 5.74) is 0.552. The van der Waals surface area contributed by atoms with Crippen LogP contribution in [0.15, 0.2) is 12.1 Å². The van der Waals surface area contributed by atoms with Crippen LogP contribution in [0, 0.1) is 6.92 Å². The molecule has 1 aromatic heterocycles. The first kappa shape index (κ1) is 14.8. The van der Waals surface area contributed by atoms with Gasteiger partial charge in [-0.25, -0.2) is 18.7 Å². The lowest BCUT2D eigenvalue weighted by Gasteiger charge is -2.15. The predicted molar refractivity (Wildman–Crippen MR) is 65.7 cm³/mol. The second-order valence-corrected chi connectivity index (χ2v) is 4.46. The van der Waals surface area contributed by atoms with E-state index in [0.29, 0.717) is 11.3 Å². The third-order valence-corrected chi connectivity index (χ3v) is 3.01. The number of aryl methyl sites for hydroxylation is 1. The van der Waals surface area contributed by atoms with Gasteiger partial charge < -0.3 is 4.74 Å². The van der Waals surface area contributed by atoms with Gasteiger partial charge in [-0.15, -0.1) is 0 Å². The van der Waals surface area contributed by atoms with Crippen molar-refractivity contribution in [1.82, 2.24) is 9.97 Å². The van der Waals surface area contributed by atoms with E-state index in [1.54, 1.807) is 6.92 Å². The van der Waals surface area contributed by atoms with E-state index < -0.39 is 18.2 Å². The van der Waals surface area contributed by atoms with Crippen molar-refractivity contribution in [2.45, 2.75) is 19.3 Å². The molecule has 1 heterocycles. The standard InChI is InChI=1S/C12H9ClF4N2O/c1-5-3-6(20-2)4-7-8(5)18-11(19-9(7)13)12(16,17)10(14)15/h3-4,10H,1-2H3. The van der Waals surface area contributed by atoms with Crippen LogP contribution in [0.1, 0.15) is 11.4 Å². The molecule has 0 aliphatic rings. The number of ether oxygens (including phenoxy) is 1. The van der Waals surface area contributed by atoms with Gasteiger partial charge in [0, 0.05) is 5.39 Å². The summed E-state index contributed by atoms with van der Waals surface area (Å²) < 4.78 is 56.3. The van der Waals surface area contributed by atoms with Crippen molar-refractivity contribution in [2.24, 2.45) is 0 Å².